The lowest BCUT2D eigenvalue weighted by Gasteiger charge is -2.60. The fourth-order valence-electron chi connectivity index (χ4n) is 6.15. The van der Waals surface area contributed by atoms with E-state index >= 15 is 0 Å². The van der Waals surface area contributed by atoms with Gasteiger partial charge in [-0.25, -0.2) is 0 Å². The van der Waals surface area contributed by atoms with Gasteiger partial charge in [0.15, 0.2) is 0 Å². The summed E-state index contributed by atoms with van der Waals surface area (Å²) in [4.78, 5) is 36.7. The second-order valence-corrected chi connectivity index (χ2v) is 11.0. The van der Waals surface area contributed by atoms with E-state index in [2.05, 4.69) is 26.5 Å². The molecule has 0 aromatic heterocycles. The van der Waals surface area contributed by atoms with Crippen molar-refractivity contribution in [2.24, 2.45) is 28.6 Å². The van der Waals surface area contributed by atoms with Crippen molar-refractivity contribution in [3.8, 4) is 0 Å². The third-order valence-electron chi connectivity index (χ3n) is 8.32. The highest BCUT2D eigenvalue weighted by Crippen LogP contribution is 2.67. The molecular formula is C28H40O8. The van der Waals surface area contributed by atoms with Crippen molar-refractivity contribution >= 4 is 17.9 Å². The lowest BCUT2D eigenvalue weighted by Crippen LogP contribution is -2.63. The first-order valence-corrected chi connectivity index (χ1v) is 12.7. The highest BCUT2D eigenvalue weighted by molar-refractivity contribution is 5.72. The largest absolute Gasteiger partial charge is 0.458 e. The van der Waals surface area contributed by atoms with Gasteiger partial charge in [-0.2, -0.15) is 0 Å². The molecule has 0 bridgehead atoms. The van der Waals surface area contributed by atoms with Crippen LogP contribution in [-0.2, 0) is 33.3 Å². The molecule has 0 aromatic carbocycles. The lowest BCUT2D eigenvalue weighted by molar-refractivity contribution is -0.254. The van der Waals surface area contributed by atoms with Gasteiger partial charge in [0.25, 0.3) is 0 Å². The minimum Gasteiger partial charge on any atom is -0.458 e. The molecule has 8 atom stereocenters. The fourth-order valence-corrected chi connectivity index (χ4v) is 6.15. The van der Waals surface area contributed by atoms with Crippen LogP contribution in [0.25, 0.3) is 0 Å². The number of aliphatic hydroxyl groups excluding tert-OH is 1. The quantitative estimate of drug-likeness (QED) is 0.238. The third-order valence-corrected chi connectivity index (χ3v) is 8.32. The van der Waals surface area contributed by atoms with E-state index in [0.717, 1.165) is 5.57 Å². The number of esters is 3. The molecule has 0 amide bonds. The molecule has 1 heterocycles. The van der Waals surface area contributed by atoms with Gasteiger partial charge in [0.05, 0.1) is 17.4 Å². The number of allylic oxidation sites excluding steroid dienone is 3. The summed E-state index contributed by atoms with van der Waals surface area (Å²) < 4.78 is 23.1. The standard InChI is InChI=1S/C28H40O8/c1-9-16(4)10-11-27(8)17(5)12-23(31)28-21(13-20(14-22(27)28)35-24(32)15(2)3)25(33-18(6)29)36-26(28)34-19(7)30/h9-10,13,15,17,20,22-23,25-26,31H,1,11-12,14H2,2-8H3/b16-10+/t17-,20-,22+,23+,25+,26-,27-,28?/m1/s1. The van der Waals surface area contributed by atoms with E-state index in [1.54, 1.807) is 26.0 Å². The first-order valence-electron chi connectivity index (χ1n) is 12.7. The molecule has 1 spiro atoms. The van der Waals surface area contributed by atoms with Crippen molar-refractivity contribution in [2.75, 3.05) is 0 Å². The molecule has 0 radical (unpaired) electrons. The molecule has 1 saturated carbocycles. The van der Waals surface area contributed by atoms with Gasteiger partial charge in [-0.15, -0.1) is 0 Å². The van der Waals surface area contributed by atoms with Gasteiger partial charge in [0.1, 0.15) is 6.10 Å². The molecule has 1 N–H and O–H groups in total. The van der Waals surface area contributed by atoms with Gasteiger partial charge >= 0.3 is 17.9 Å². The molecule has 36 heavy (non-hydrogen) atoms. The second kappa shape index (κ2) is 10.5. The summed E-state index contributed by atoms with van der Waals surface area (Å²) in [6.07, 6.45) is 3.22. The first kappa shape index (κ1) is 28.1. The fraction of sp³-hybridized carbons (Fsp3) is 0.679. The Hall–Kier alpha value is -2.45. The Bertz CT molecular complexity index is 965. The van der Waals surface area contributed by atoms with E-state index in [9.17, 15) is 19.5 Å². The van der Waals surface area contributed by atoms with Crippen molar-refractivity contribution in [1.82, 2.24) is 0 Å². The smallest absolute Gasteiger partial charge is 0.308 e. The average Bonchev–Trinajstić information content (AvgIpc) is 3.07. The third kappa shape index (κ3) is 4.90. The Morgan fingerprint density at radius 2 is 1.81 bits per heavy atom. The van der Waals surface area contributed by atoms with Gasteiger partial charge in [0, 0.05) is 19.4 Å². The van der Waals surface area contributed by atoms with Crippen LogP contribution in [0.15, 0.2) is 36.0 Å². The maximum absolute atomic E-state index is 12.6. The van der Waals surface area contributed by atoms with Crippen molar-refractivity contribution in [3.05, 3.63) is 36.0 Å². The molecule has 2 fully saturated rings. The molecule has 200 valence electrons. The van der Waals surface area contributed by atoms with Crippen LogP contribution in [0.5, 0.6) is 0 Å². The molecule has 1 unspecified atom stereocenters. The molecule has 3 rings (SSSR count). The minimum absolute atomic E-state index is 0.0727. The number of rotatable bonds is 7. The van der Waals surface area contributed by atoms with E-state index in [1.165, 1.54) is 13.8 Å². The van der Waals surface area contributed by atoms with Gasteiger partial charge in [-0.1, -0.05) is 52.0 Å². The van der Waals surface area contributed by atoms with Crippen LogP contribution in [0.1, 0.15) is 67.7 Å². The van der Waals surface area contributed by atoms with E-state index < -0.39 is 47.6 Å². The molecule has 2 aliphatic carbocycles. The molecule has 8 nitrogen and oxygen atoms in total. The van der Waals surface area contributed by atoms with Crippen LogP contribution >= 0.6 is 0 Å². The summed E-state index contributed by atoms with van der Waals surface area (Å²) in [5.74, 6) is -2.08. The normalized spacial score (nSPS) is 37.9. The van der Waals surface area contributed by atoms with Crippen molar-refractivity contribution < 1.29 is 38.4 Å². The van der Waals surface area contributed by atoms with Gasteiger partial charge < -0.3 is 19.3 Å². The molecular weight excluding hydrogens is 464 g/mol. The number of ether oxygens (including phenoxy) is 4. The number of hydrogen-bond acceptors (Lipinski definition) is 8. The van der Waals surface area contributed by atoms with Gasteiger partial charge in [-0.05, 0) is 49.5 Å². The van der Waals surface area contributed by atoms with Crippen LogP contribution in [0, 0.1) is 28.6 Å². The Balaban J connectivity index is 2.23. The average molecular weight is 505 g/mol. The zero-order valence-electron chi connectivity index (χ0n) is 22.4. The summed E-state index contributed by atoms with van der Waals surface area (Å²) >= 11 is 0. The number of hydrogen-bond donors (Lipinski definition) is 1. The topological polar surface area (TPSA) is 108 Å². The molecule has 0 aromatic rings. The molecule has 1 saturated heterocycles. The predicted octanol–water partition coefficient (Wildman–Crippen LogP) is 4.22. The lowest BCUT2D eigenvalue weighted by atomic mass is 9.45. The van der Waals surface area contributed by atoms with Crippen LogP contribution in [0.4, 0.5) is 0 Å². The molecule has 3 aliphatic rings. The summed E-state index contributed by atoms with van der Waals surface area (Å²) in [6.45, 7) is 16.1. The zero-order valence-corrected chi connectivity index (χ0v) is 22.4. The Kier molecular flexibility index (Phi) is 8.20. The highest BCUT2D eigenvalue weighted by atomic mass is 16.8. The van der Waals surface area contributed by atoms with Crippen LogP contribution in [0.3, 0.4) is 0 Å². The SMILES string of the molecule is C=C/C(C)=C/C[C@]1(C)[C@H](C)C[C@H](O)C23C(=C[C@@H](OC(=O)C(C)C)C[C@H]21)[C@@H](OC(C)=O)O[C@H]3OC(C)=O. The van der Waals surface area contributed by atoms with Crippen molar-refractivity contribution in [3.63, 3.8) is 0 Å². The van der Waals surface area contributed by atoms with Crippen molar-refractivity contribution in [1.29, 1.82) is 0 Å². The minimum atomic E-state index is -1.17. The maximum Gasteiger partial charge on any atom is 0.308 e. The summed E-state index contributed by atoms with van der Waals surface area (Å²) in [7, 11) is 0. The van der Waals surface area contributed by atoms with Gasteiger partial charge in [0.2, 0.25) is 12.6 Å². The van der Waals surface area contributed by atoms with Crippen LogP contribution in [-0.4, -0.2) is 47.8 Å². The first-order chi connectivity index (χ1) is 16.8. The van der Waals surface area contributed by atoms with Crippen molar-refractivity contribution in [2.45, 2.75) is 92.5 Å². The summed E-state index contributed by atoms with van der Waals surface area (Å²) in [5.41, 5.74) is -0.0611. The summed E-state index contributed by atoms with van der Waals surface area (Å²) in [6, 6.07) is 0. The zero-order chi connectivity index (χ0) is 27.0. The Labute approximate surface area is 213 Å². The van der Waals surface area contributed by atoms with E-state index in [1.807, 2.05) is 6.92 Å². The highest BCUT2D eigenvalue weighted by Gasteiger charge is 2.71. The predicted molar refractivity (Wildman–Crippen MR) is 132 cm³/mol. The monoisotopic (exact) mass is 504 g/mol. The van der Waals surface area contributed by atoms with E-state index in [-0.39, 0.29) is 23.7 Å². The van der Waals surface area contributed by atoms with Gasteiger partial charge in [-0.3, -0.25) is 19.1 Å². The number of aliphatic hydroxyl groups is 1. The second-order valence-electron chi connectivity index (χ2n) is 11.0. The Morgan fingerprint density at radius 1 is 1.17 bits per heavy atom. The summed E-state index contributed by atoms with van der Waals surface area (Å²) in [5, 5.41) is 11.7. The maximum atomic E-state index is 12.6. The van der Waals surface area contributed by atoms with Crippen LogP contribution < -0.4 is 0 Å². The number of carbonyl (C=O) groups is 3. The van der Waals surface area contributed by atoms with Crippen LogP contribution in [0.2, 0.25) is 0 Å². The molecule has 1 aliphatic heterocycles. The van der Waals surface area contributed by atoms with E-state index in [0.29, 0.717) is 24.8 Å². The Morgan fingerprint density at radius 3 is 2.36 bits per heavy atom. The molecule has 8 heteroatoms. The number of carbonyl (C=O) groups excluding carboxylic acids is 3. The van der Waals surface area contributed by atoms with E-state index in [4.69, 9.17) is 18.9 Å².